The topological polar surface area (TPSA) is 137 Å². The normalized spacial score (nSPS) is 14.8. The van der Waals surface area contributed by atoms with Crippen LogP contribution in [0.1, 0.15) is 30.9 Å². The molecule has 1 fully saturated rings. The molecule has 2 aliphatic rings. The lowest BCUT2D eigenvalue weighted by Gasteiger charge is -2.37. The number of carbonyl (C=O) groups is 1. The summed E-state index contributed by atoms with van der Waals surface area (Å²) in [6.45, 7) is 19.2. The van der Waals surface area contributed by atoms with Crippen LogP contribution in [0.15, 0.2) is 137 Å². The molecule has 0 saturated carbocycles. The third-order valence-electron chi connectivity index (χ3n) is 8.34. The predicted molar refractivity (Wildman–Crippen MR) is 199 cm³/mol. The molecule has 254 valence electrons. The predicted octanol–water partition coefficient (Wildman–Crippen LogP) is 8.18. The van der Waals surface area contributed by atoms with Gasteiger partial charge in [-0.2, -0.15) is 25.5 Å². The maximum atomic E-state index is 12.4. The molecule has 4 rings (SSSR count). The van der Waals surface area contributed by atoms with Gasteiger partial charge >= 0.3 is 11.9 Å². The van der Waals surface area contributed by atoms with Crippen LogP contribution in [-0.2, 0) is 4.74 Å². The van der Waals surface area contributed by atoms with Gasteiger partial charge in [0, 0.05) is 43.0 Å². The highest BCUT2D eigenvalue weighted by Crippen LogP contribution is 2.36. The number of carbonyl (C=O) groups excluding carboxylic acids is 1. The number of rotatable bonds is 10. The monoisotopic (exact) mass is 682 g/mol. The minimum absolute atomic E-state index is 0.124. The molecule has 1 heterocycles. The number of amides is 1. The molecule has 0 unspecified atom stereocenters. The number of nitriles is 3. The molecule has 10 nitrogen and oxygen atoms in total. The third kappa shape index (κ3) is 8.98. The van der Waals surface area contributed by atoms with Crippen LogP contribution in [0.3, 0.4) is 0 Å². The molecule has 2 aromatic rings. The first kappa shape index (κ1) is 37.4. The molecule has 2 aromatic carbocycles. The summed E-state index contributed by atoms with van der Waals surface area (Å²) in [7, 11) is 0. The second kappa shape index (κ2) is 19.0. The van der Waals surface area contributed by atoms with E-state index in [9.17, 15) is 20.6 Å². The van der Waals surface area contributed by atoms with E-state index in [1.54, 1.807) is 84.7 Å². The number of nitrogens with one attached hydrogen (secondary N) is 1. The summed E-state index contributed by atoms with van der Waals surface area (Å²) in [5.41, 5.74) is 5.15. The summed E-state index contributed by atoms with van der Waals surface area (Å²) in [6.07, 6.45) is 11.7. The van der Waals surface area contributed by atoms with Crippen molar-refractivity contribution in [3.05, 3.63) is 170 Å². The number of nitrogens with zero attached hydrogens (tertiary/aromatic N) is 7. The van der Waals surface area contributed by atoms with Crippen LogP contribution in [-0.4, -0.2) is 54.5 Å². The second-order valence-corrected chi connectivity index (χ2v) is 11.3. The Morgan fingerprint density at radius 3 is 2.04 bits per heavy atom. The summed E-state index contributed by atoms with van der Waals surface area (Å²) in [5, 5.41) is 37.5. The molecule has 0 aromatic heterocycles. The van der Waals surface area contributed by atoms with Gasteiger partial charge in [-0.15, -0.1) is 0 Å². The zero-order chi connectivity index (χ0) is 37.3. The molecule has 10 heteroatoms. The minimum atomic E-state index is -0.349. The van der Waals surface area contributed by atoms with Crippen molar-refractivity contribution in [2.45, 2.75) is 19.8 Å². The van der Waals surface area contributed by atoms with E-state index in [-0.39, 0.29) is 34.2 Å². The van der Waals surface area contributed by atoms with E-state index >= 15 is 0 Å². The van der Waals surface area contributed by atoms with Gasteiger partial charge in [-0.05, 0) is 60.1 Å². The Morgan fingerprint density at radius 1 is 0.885 bits per heavy atom. The van der Waals surface area contributed by atoms with E-state index in [4.69, 9.17) is 23.3 Å². The van der Waals surface area contributed by atoms with Crippen molar-refractivity contribution < 1.29 is 9.53 Å². The molecule has 1 saturated heterocycles. The Kier molecular flexibility index (Phi) is 13.6. The molecule has 0 bridgehead atoms. The lowest BCUT2D eigenvalue weighted by molar-refractivity contribution is 0.0873. The van der Waals surface area contributed by atoms with Crippen LogP contribution in [0, 0.1) is 52.5 Å². The quantitative estimate of drug-likeness (QED) is 0.116. The molecule has 1 N–H and O–H groups in total. The minimum Gasteiger partial charge on any atom is -0.450 e. The Labute approximate surface area is 304 Å². The van der Waals surface area contributed by atoms with Crippen molar-refractivity contribution in [1.29, 1.82) is 21.2 Å². The lowest BCUT2D eigenvalue weighted by atomic mass is 9.94. The lowest BCUT2D eigenvalue weighted by Crippen LogP contribution is -2.48. The van der Waals surface area contributed by atoms with Gasteiger partial charge in [0.2, 0.25) is 0 Å². The van der Waals surface area contributed by atoms with E-state index < -0.39 is 0 Å². The van der Waals surface area contributed by atoms with E-state index in [0.29, 0.717) is 62.3 Å². The fraction of sp³-hybridized carbons (Fsp3) is 0.190. The van der Waals surface area contributed by atoms with Gasteiger partial charge in [0.25, 0.3) is 0 Å². The second-order valence-electron chi connectivity index (χ2n) is 11.3. The van der Waals surface area contributed by atoms with Gasteiger partial charge < -0.3 is 14.5 Å². The van der Waals surface area contributed by atoms with E-state index in [1.807, 2.05) is 36.4 Å². The standard InChI is InChI=1S/C42H34N8O2/c1-4-52-42(51)50-25-23-49(24-26-50)40-33(17-11-19-35(27-43)38(37(29-45)30-46)31-13-7-5-8-14-31)21-22-34(40)18-12-20-36(28-44)39(41(47-2)48-3)32-15-9-6-10-16-32/h5-20,43H,4,21-26H2,1H3/b18-12+,19-11+,33-17+,36-20+. The highest BCUT2D eigenvalue weighted by Gasteiger charge is 2.28. The number of ether oxygens (including phenoxy) is 1. The molecule has 1 aliphatic carbocycles. The van der Waals surface area contributed by atoms with Crippen molar-refractivity contribution in [3.63, 3.8) is 0 Å². The first-order chi connectivity index (χ1) is 25.4. The average Bonchev–Trinajstić information content (AvgIpc) is 3.59. The summed E-state index contributed by atoms with van der Waals surface area (Å²) in [4.78, 5) is 23.1. The van der Waals surface area contributed by atoms with Crippen molar-refractivity contribution in [3.8, 4) is 18.2 Å². The van der Waals surface area contributed by atoms with E-state index in [2.05, 4.69) is 26.5 Å². The van der Waals surface area contributed by atoms with Crippen LogP contribution < -0.4 is 0 Å². The smallest absolute Gasteiger partial charge is 0.450 e. The summed E-state index contributed by atoms with van der Waals surface area (Å²) in [6, 6.07) is 23.9. The Hall–Kier alpha value is -7.41. The third-order valence-corrected chi connectivity index (χ3v) is 8.34. The molecular weight excluding hydrogens is 649 g/mol. The van der Waals surface area contributed by atoms with Crippen LogP contribution in [0.25, 0.3) is 20.8 Å². The van der Waals surface area contributed by atoms with Crippen molar-refractivity contribution >= 4 is 23.1 Å². The Morgan fingerprint density at radius 2 is 1.50 bits per heavy atom. The summed E-state index contributed by atoms with van der Waals surface area (Å²) >= 11 is 0. The maximum Gasteiger partial charge on any atom is 0.528 e. The molecule has 1 aliphatic heterocycles. The van der Waals surface area contributed by atoms with Gasteiger partial charge in [0.05, 0.1) is 23.8 Å². The van der Waals surface area contributed by atoms with Gasteiger partial charge in [-0.25, -0.2) is 4.79 Å². The van der Waals surface area contributed by atoms with Crippen LogP contribution in [0.2, 0.25) is 0 Å². The SMILES string of the molecule is [C-]#[N+]C([N+]#[C-])=C(/C(C#N)=C/C=C/C1=C(N2CCN(C(=O)OCC)CC2)C(=C/C=C/C(=C=N)C(=C(C#N)C#N)c2ccccc2)/CC1)c1ccccc1. The fourth-order valence-corrected chi connectivity index (χ4v) is 5.98. The first-order valence-corrected chi connectivity index (χ1v) is 16.4. The summed E-state index contributed by atoms with van der Waals surface area (Å²) in [5.74, 6) is 2.21. The Bertz CT molecular complexity index is 2140. The highest BCUT2D eigenvalue weighted by atomic mass is 16.6. The zero-order valence-corrected chi connectivity index (χ0v) is 28.6. The number of allylic oxidation sites excluding steroid dienone is 13. The van der Waals surface area contributed by atoms with Crippen molar-refractivity contribution in [1.82, 2.24) is 9.80 Å². The largest absolute Gasteiger partial charge is 0.528 e. The fourth-order valence-electron chi connectivity index (χ4n) is 5.98. The molecule has 1 amide bonds. The molecule has 0 radical (unpaired) electrons. The number of piperazine rings is 1. The average molecular weight is 683 g/mol. The Balaban J connectivity index is 1.75. The molecular formula is C42H34N8O2. The van der Waals surface area contributed by atoms with Gasteiger partial charge in [-0.3, -0.25) is 5.41 Å². The van der Waals surface area contributed by atoms with E-state index in [0.717, 1.165) is 16.8 Å². The highest BCUT2D eigenvalue weighted by molar-refractivity contribution is 5.95. The maximum absolute atomic E-state index is 12.4. The number of hydrogen-bond acceptors (Lipinski definition) is 7. The first-order valence-electron chi connectivity index (χ1n) is 16.4. The zero-order valence-electron chi connectivity index (χ0n) is 28.6. The van der Waals surface area contributed by atoms with Crippen LogP contribution in [0.4, 0.5) is 4.79 Å². The molecule has 52 heavy (non-hydrogen) atoms. The molecule has 0 atom stereocenters. The van der Waals surface area contributed by atoms with Crippen LogP contribution >= 0.6 is 0 Å². The number of benzene rings is 2. The van der Waals surface area contributed by atoms with Gasteiger partial charge in [-0.1, -0.05) is 85.0 Å². The van der Waals surface area contributed by atoms with Crippen LogP contribution in [0.5, 0.6) is 0 Å². The summed E-state index contributed by atoms with van der Waals surface area (Å²) < 4.78 is 5.21. The van der Waals surface area contributed by atoms with Gasteiger partial charge in [0.15, 0.2) is 0 Å². The van der Waals surface area contributed by atoms with Crippen molar-refractivity contribution in [2.24, 2.45) is 0 Å². The molecule has 0 spiro atoms. The van der Waals surface area contributed by atoms with E-state index in [1.165, 1.54) is 0 Å². The van der Waals surface area contributed by atoms with Crippen molar-refractivity contribution in [2.75, 3.05) is 32.8 Å². The van der Waals surface area contributed by atoms with Gasteiger partial charge in [0.1, 0.15) is 30.9 Å². The number of hydrogen-bond donors (Lipinski definition) is 1.